The maximum Gasteiger partial charge on any atom is 0.0767 e. The first-order valence-corrected chi connectivity index (χ1v) is 8.90. The van der Waals surface area contributed by atoms with Crippen LogP contribution in [0.2, 0.25) is 0 Å². The molecule has 1 aromatic heterocycles. The van der Waals surface area contributed by atoms with Gasteiger partial charge in [-0.3, -0.25) is 9.58 Å². The van der Waals surface area contributed by atoms with Gasteiger partial charge in [0, 0.05) is 38.3 Å². The predicted octanol–water partition coefficient (Wildman–Crippen LogP) is 2.71. The molecule has 1 aliphatic carbocycles. The predicted molar refractivity (Wildman–Crippen MR) is 89.3 cm³/mol. The third kappa shape index (κ3) is 3.06. The highest BCUT2D eigenvalue weighted by molar-refractivity contribution is 9.10. The fourth-order valence-corrected chi connectivity index (χ4v) is 4.05. The molecule has 0 bridgehead atoms. The van der Waals surface area contributed by atoms with Crippen LogP contribution in [0.5, 0.6) is 0 Å². The Bertz CT molecular complexity index is 519. The molecule has 0 radical (unpaired) electrons. The van der Waals surface area contributed by atoms with E-state index in [4.69, 9.17) is 0 Å². The lowest BCUT2D eigenvalue weighted by molar-refractivity contribution is 0.0510. The first-order chi connectivity index (χ1) is 9.92. The highest BCUT2D eigenvalue weighted by atomic mass is 79.9. The number of halogens is 1. The van der Waals surface area contributed by atoms with Crippen molar-refractivity contribution in [3.63, 3.8) is 0 Å². The summed E-state index contributed by atoms with van der Waals surface area (Å²) < 4.78 is 3.25. The molecule has 3 rings (SSSR count). The lowest BCUT2D eigenvalue weighted by Crippen LogP contribution is -2.62. The van der Waals surface area contributed by atoms with Crippen LogP contribution in [0.3, 0.4) is 0 Å². The number of hydrogen-bond donors (Lipinski definition) is 1. The zero-order valence-corrected chi connectivity index (χ0v) is 15.2. The van der Waals surface area contributed by atoms with Crippen molar-refractivity contribution in [2.45, 2.75) is 58.2 Å². The molecule has 0 aromatic carbocycles. The summed E-state index contributed by atoms with van der Waals surface area (Å²) in [6, 6.07) is 0.677. The van der Waals surface area contributed by atoms with E-state index in [1.54, 1.807) is 0 Å². The van der Waals surface area contributed by atoms with E-state index in [0.29, 0.717) is 6.04 Å². The molecule has 118 valence electrons. The van der Waals surface area contributed by atoms with Gasteiger partial charge in [0.1, 0.15) is 0 Å². The van der Waals surface area contributed by atoms with Gasteiger partial charge in [0.15, 0.2) is 0 Å². The summed E-state index contributed by atoms with van der Waals surface area (Å²) in [5.41, 5.74) is 2.66. The number of nitrogens with one attached hydrogen (secondary N) is 1. The Morgan fingerprint density at radius 2 is 2.10 bits per heavy atom. The molecule has 21 heavy (non-hydrogen) atoms. The summed E-state index contributed by atoms with van der Waals surface area (Å²) in [6.45, 7) is 10.0. The summed E-state index contributed by atoms with van der Waals surface area (Å²) in [4.78, 5) is 2.63. The third-order valence-electron chi connectivity index (χ3n) is 5.10. The Hall–Kier alpha value is -0.390. The average molecular weight is 355 g/mol. The van der Waals surface area contributed by atoms with Crippen molar-refractivity contribution in [2.24, 2.45) is 13.0 Å². The molecule has 2 heterocycles. The molecule has 2 aliphatic rings. The summed E-state index contributed by atoms with van der Waals surface area (Å²) >= 11 is 3.76. The number of hydrogen-bond acceptors (Lipinski definition) is 3. The van der Waals surface area contributed by atoms with Crippen molar-refractivity contribution in [1.29, 1.82) is 0 Å². The molecule has 1 aliphatic heterocycles. The fourth-order valence-electron chi connectivity index (χ4n) is 3.31. The standard InChI is InChI=1S/C16H27BrN4/c1-5-12-15(17)14(20(4)19-12)9-21-8-13(11-6-7-11)18-10-16(21,2)3/h11,13,18H,5-10H2,1-4H3. The Kier molecular flexibility index (Phi) is 4.19. The fraction of sp³-hybridized carbons (Fsp3) is 0.812. The first-order valence-electron chi connectivity index (χ1n) is 8.11. The third-order valence-corrected chi connectivity index (χ3v) is 6.02. The molecule has 1 atom stereocenters. The second kappa shape index (κ2) is 5.67. The first kappa shape index (κ1) is 15.5. The molecule has 0 spiro atoms. The van der Waals surface area contributed by atoms with Crippen LogP contribution in [0.15, 0.2) is 4.47 Å². The van der Waals surface area contributed by atoms with Crippen molar-refractivity contribution in [1.82, 2.24) is 20.0 Å². The molecule has 5 heteroatoms. The summed E-state index contributed by atoms with van der Waals surface area (Å²) in [5, 5.41) is 8.39. The van der Waals surface area contributed by atoms with Gasteiger partial charge in [-0.05, 0) is 55.0 Å². The number of nitrogens with zero attached hydrogens (tertiary/aromatic N) is 3. The molecular weight excluding hydrogens is 328 g/mol. The van der Waals surface area contributed by atoms with Gasteiger partial charge in [0.2, 0.25) is 0 Å². The van der Waals surface area contributed by atoms with E-state index in [-0.39, 0.29) is 5.54 Å². The van der Waals surface area contributed by atoms with Crippen LogP contribution in [0.4, 0.5) is 0 Å². The van der Waals surface area contributed by atoms with Gasteiger partial charge < -0.3 is 5.32 Å². The van der Waals surface area contributed by atoms with Crippen LogP contribution >= 0.6 is 15.9 Å². The van der Waals surface area contributed by atoms with Crippen LogP contribution < -0.4 is 5.32 Å². The molecule has 1 N–H and O–H groups in total. The molecule has 2 fully saturated rings. The van der Waals surface area contributed by atoms with Crippen LogP contribution in [0, 0.1) is 5.92 Å². The van der Waals surface area contributed by atoms with Crippen molar-refractivity contribution in [2.75, 3.05) is 13.1 Å². The van der Waals surface area contributed by atoms with Crippen LogP contribution in [-0.4, -0.2) is 39.4 Å². The minimum Gasteiger partial charge on any atom is -0.311 e. The zero-order valence-electron chi connectivity index (χ0n) is 13.6. The molecule has 0 amide bonds. The monoisotopic (exact) mass is 354 g/mol. The van der Waals surface area contributed by atoms with Crippen molar-refractivity contribution in [3.8, 4) is 0 Å². The quantitative estimate of drug-likeness (QED) is 0.902. The normalized spacial score (nSPS) is 26.2. The molecular formula is C16H27BrN4. The summed E-state index contributed by atoms with van der Waals surface area (Å²) in [5.74, 6) is 0.907. The van der Waals surface area contributed by atoms with E-state index >= 15 is 0 Å². The second-order valence-corrected chi connectivity index (χ2v) is 8.00. The number of piperazine rings is 1. The Morgan fingerprint density at radius 3 is 2.67 bits per heavy atom. The Morgan fingerprint density at radius 1 is 1.38 bits per heavy atom. The van der Waals surface area contributed by atoms with Gasteiger partial charge in [-0.2, -0.15) is 5.10 Å². The zero-order chi connectivity index (χ0) is 15.2. The molecule has 1 saturated heterocycles. The van der Waals surface area contributed by atoms with E-state index < -0.39 is 0 Å². The van der Waals surface area contributed by atoms with E-state index in [2.05, 4.69) is 59.1 Å². The SMILES string of the molecule is CCc1nn(C)c(CN2CC(C3CC3)NCC2(C)C)c1Br. The van der Waals surface area contributed by atoms with E-state index in [1.807, 2.05) is 4.68 Å². The largest absolute Gasteiger partial charge is 0.311 e. The van der Waals surface area contributed by atoms with Crippen LogP contribution in [0.1, 0.15) is 45.0 Å². The van der Waals surface area contributed by atoms with E-state index in [1.165, 1.54) is 28.7 Å². The van der Waals surface area contributed by atoms with E-state index in [0.717, 1.165) is 32.0 Å². The maximum absolute atomic E-state index is 4.64. The highest BCUT2D eigenvalue weighted by Crippen LogP contribution is 2.36. The molecule has 1 aromatic rings. The van der Waals surface area contributed by atoms with Gasteiger partial charge in [-0.1, -0.05) is 6.92 Å². The Labute approximate surface area is 136 Å². The topological polar surface area (TPSA) is 33.1 Å². The Balaban J connectivity index is 1.79. The lowest BCUT2D eigenvalue weighted by atomic mass is 9.95. The lowest BCUT2D eigenvalue weighted by Gasteiger charge is -2.46. The molecule has 4 nitrogen and oxygen atoms in total. The summed E-state index contributed by atoms with van der Waals surface area (Å²) in [6.07, 6.45) is 3.78. The molecule has 1 unspecified atom stereocenters. The van der Waals surface area contributed by atoms with Gasteiger partial charge in [0.25, 0.3) is 0 Å². The van der Waals surface area contributed by atoms with Crippen LogP contribution in [-0.2, 0) is 20.0 Å². The highest BCUT2D eigenvalue weighted by Gasteiger charge is 2.40. The minimum absolute atomic E-state index is 0.196. The van der Waals surface area contributed by atoms with Crippen molar-refractivity contribution < 1.29 is 0 Å². The van der Waals surface area contributed by atoms with Crippen molar-refractivity contribution >= 4 is 15.9 Å². The van der Waals surface area contributed by atoms with E-state index in [9.17, 15) is 0 Å². The van der Waals surface area contributed by atoms with Crippen molar-refractivity contribution in [3.05, 3.63) is 15.9 Å². The summed E-state index contributed by atoms with van der Waals surface area (Å²) in [7, 11) is 2.06. The van der Waals surface area contributed by atoms with Gasteiger partial charge in [-0.25, -0.2) is 0 Å². The maximum atomic E-state index is 4.64. The second-order valence-electron chi connectivity index (χ2n) is 7.20. The minimum atomic E-state index is 0.196. The number of rotatable bonds is 4. The van der Waals surface area contributed by atoms with Gasteiger partial charge in [0.05, 0.1) is 15.9 Å². The average Bonchev–Trinajstić information content (AvgIpc) is 3.23. The molecule has 1 saturated carbocycles. The number of aryl methyl sites for hydroxylation is 2. The number of aromatic nitrogens is 2. The smallest absolute Gasteiger partial charge is 0.0767 e. The van der Waals surface area contributed by atoms with Gasteiger partial charge >= 0.3 is 0 Å². The van der Waals surface area contributed by atoms with Crippen LogP contribution in [0.25, 0.3) is 0 Å². The van der Waals surface area contributed by atoms with Gasteiger partial charge in [-0.15, -0.1) is 0 Å².